The molecule has 0 saturated heterocycles. The Bertz CT molecular complexity index is 721. The second kappa shape index (κ2) is 7.97. The van der Waals surface area contributed by atoms with Crippen molar-refractivity contribution < 1.29 is 9.59 Å². The third kappa shape index (κ3) is 4.35. The highest BCUT2D eigenvalue weighted by Gasteiger charge is 2.17. The smallest absolute Gasteiger partial charge is 0.239 e. The normalized spacial score (nSPS) is 12.4. The predicted octanol–water partition coefficient (Wildman–Crippen LogP) is 1.23. The fourth-order valence-corrected chi connectivity index (χ4v) is 2.63. The number of benzene rings is 1. The van der Waals surface area contributed by atoms with Gasteiger partial charge in [-0.05, 0) is 30.9 Å². The van der Waals surface area contributed by atoms with E-state index >= 15 is 0 Å². The van der Waals surface area contributed by atoms with Gasteiger partial charge in [0.25, 0.3) is 0 Å². The van der Waals surface area contributed by atoms with Crippen LogP contribution < -0.4 is 16.4 Å². The van der Waals surface area contributed by atoms with Crippen LogP contribution in [0.1, 0.15) is 25.1 Å². The highest BCUT2D eigenvalue weighted by molar-refractivity contribution is 5.87. The van der Waals surface area contributed by atoms with E-state index in [1.165, 1.54) is 10.9 Å². The first-order valence-corrected chi connectivity index (χ1v) is 8.26. The summed E-state index contributed by atoms with van der Waals surface area (Å²) in [6.07, 6.45) is 0.737. The van der Waals surface area contributed by atoms with E-state index in [1.54, 1.807) is 0 Å². The maximum atomic E-state index is 11.8. The first-order chi connectivity index (χ1) is 11.4. The summed E-state index contributed by atoms with van der Waals surface area (Å²) < 4.78 is 0. The van der Waals surface area contributed by atoms with Crippen molar-refractivity contribution in [3.05, 3.63) is 35.5 Å². The van der Waals surface area contributed by atoms with Crippen molar-refractivity contribution in [3.63, 3.8) is 0 Å². The third-order valence-corrected chi connectivity index (χ3v) is 4.17. The first kappa shape index (κ1) is 18.0. The first-order valence-electron chi connectivity index (χ1n) is 8.26. The van der Waals surface area contributed by atoms with E-state index < -0.39 is 6.04 Å². The van der Waals surface area contributed by atoms with Crippen molar-refractivity contribution in [2.45, 2.75) is 33.2 Å². The van der Waals surface area contributed by atoms with Crippen LogP contribution in [0.3, 0.4) is 0 Å². The molecule has 2 aromatic rings. The number of nitrogens with two attached hydrogens (primary N) is 1. The average Bonchev–Trinajstić information content (AvgIpc) is 2.87. The Kier molecular flexibility index (Phi) is 5.98. The number of hydrogen-bond acceptors (Lipinski definition) is 3. The number of nitrogens with one attached hydrogen (secondary N) is 3. The van der Waals surface area contributed by atoms with E-state index in [9.17, 15) is 9.59 Å². The molecule has 0 radical (unpaired) electrons. The molecule has 1 aromatic carbocycles. The lowest BCUT2D eigenvalue weighted by atomic mass is 10.1. The van der Waals surface area contributed by atoms with Gasteiger partial charge in [-0.1, -0.05) is 32.0 Å². The summed E-state index contributed by atoms with van der Waals surface area (Å²) in [5.41, 5.74) is 9.15. The molecule has 1 heterocycles. The maximum absolute atomic E-state index is 11.8. The van der Waals surface area contributed by atoms with Crippen molar-refractivity contribution in [1.29, 1.82) is 0 Å². The van der Waals surface area contributed by atoms with Gasteiger partial charge in [-0.15, -0.1) is 0 Å². The molecule has 0 aliphatic heterocycles. The van der Waals surface area contributed by atoms with Gasteiger partial charge in [-0.3, -0.25) is 9.59 Å². The van der Waals surface area contributed by atoms with Gasteiger partial charge >= 0.3 is 0 Å². The molecule has 130 valence electrons. The maximum Gasteiger partial charge on any atom is 0.239 e. The van der Waals surface area contributed by atoms with Crippen LogP contribution in [-0.2, 0) is 16.0 Å². The second-order valence-corrected chi connectivity index (χ2v) is 6.36. The average molecular weight is 330 g/mol. The zero-order valence-corrected chi connectivity index (χ0v) is 14.5. The molecule has 6 heteroatoms. The number of H-pyrrole nitrogens is 1. The minimum absolute atomic E-state index is 0.0397. The number of aromatic amines is 1. The van der Waals surface area contributed by atoms with E-state index in [0.29, 0.717) is 6.54 Å². The molecular weight excluding hydrogens is 304 g/mol. The number of carbonyl (C=O) groups excluding carboxylic acids is 2. The fraction of sp³-hybridized carbons (Fsp3) is 0.444. The number of aryl methyl sites for hydroxylation is 1. The summed E-state index contributed by atoms with van der Waals surface area (Å²) in [6, 6.07) is 7.52. The van der Waals surface area contributed by atoms with Crippen molar-refractivity contribution in [3.8, 4) is 0 Å². The van der Waals surface area contributed by atoms with Gasteiger partial charge in [0.1, 0.15) is 0 Å². The molecule has 0 aliphatic carbocycles. The van der Waals surface area contributed by atoms with E-state index in [2.05, 4.69) is 21.7 Å². The molecule has 0 spiro atoms. The highest BCUT2D eigenvalue weighted by atomic mass is 16.2. The molecule has 2 amide bonds. The molecule has 24 heavy (non-hydrogen) atoms. The van der Waals surface area contributed by atoms with Gasteiger partial charge in [0.2, 0.25) is 11.8 Å². The number of aromatic nitrogens is 1. The van der Waals surface area contributed by atoms with Crippen LogP contribution in [0.4, 0.5) is 0 Å². The van der Waals surface area contributed by atoms with E-state index in [0.717, 1.165) is 17.6 Å². The summed E-state index contributed by atoms with van der Waals surface area (Å²) in [4.78, 5) is 26.9. The lowest BCUT2D eigenvalue weighted by molar-refractivity contribution is -0.127. The molecule has 0 bridgehead atoms. The van der Waals surface area contributed by atoms with Gasteiger partial charge in [-0.2, -0.15) is 0 Å². The number of hydrogen-bond donors (Lipinski definition) is 4. The number of rotatable bonds is 7. The van der Waals surface area contributed by atoms with Crippen molar-refractivity contribution in [1.82, 2.24) is 15.6 Å². The molecular formula is C18H26N4O2. The largest absolute Gasteiger partial charge is 0.358 e. The molecule has 0 aliphatic rings. The van der Waals surface area contributed by atoms with Gasteiger partial charge in [0, 0.05) is 23.1 Å². The molecule has 1 atom stereocenters. The molecule has 0 saturated carbocycles. The van der Waals surface area contributed by atoms with Gasteiger partial charge in [-0.25, -0.2) is 0 Å². The second-order valence-electron chi connectivity index (χ2n) is 6.36. The summed E-state index contributed by atoms with van der Waals surface area (Å²) in [6.45, 7) is 6.24. The molecule has 1 aromatic heterocycles. The van der Waals surface area contributed by atoms with Crippen LogP contribution in [-0.4, -0.2) is 35.9 Å². The number of fused-ring (bicyclic) bond motifs is 1. The van der Waals surface area contributed by atoms with Crippen molar-refractivity contribution >= 4 is 22.7 Å². The Balaban J connectivity index is 1.80. The van der Waals surface area contributed by atoms with Crippen LogP contribution >= 0.6 is 0 Å². The van der Waals surface area contributed by atoms with Crippen LogP contribution in [0.25, 0.3) is 10.9 Å². The minimum atomic E-state index is -0.591. The quantitative estimate of drug-likeness (QED) is 0.614. The summed E-state index contributed by atoms with van der Waals surface area (Å²) in [7, 11) is 0. The zero-order valence-electron chi connectivity index (χ0n) is 14.5. The van der Waals surface area contributed by atoms with Crippen LogP contribution in [0.15, 0.2) is 24.3 Å². The minimum Gasteiger partial charge on any atom is -0.358 e. The van der Waals surface area contributed by atoms with Gasteiger partial charge in [0.05, 0.1) is 12.6 Å². The Morgan fingerprint density at radius 3 is 2.62 bits per heavy atom. The predicted molar refractivity (Wildman–Crippen MR) is 95.6 cm³/mol. The van der Waals surface area contributed by atoms with Gasteiger partial charge < -0.3 is 21.4 Å². The summed E-state index contributed by atoms with van der Waals surface area (Å²) in [5.74, 6) is -0.470. The van der Waals surface area contributed by atoms with Crippen LogP contribution in [0.5, 0.6) is 0 Å². The van der Waals surface area contributed by atoms with E-state index in [1.807, 2.05) is 39.0 Å². The standard InChI is InChI=1S/C18H26N4O2/c1-11(2)17(19)18(24)21-10-16(23)20-9-8-13-12(3)22-15-7-5-4-6-14(13)15/h4-7,11,17,22H,8-10,19H2,1-3H3,(H,20,23)(H,21,24)/t17-/m0/s1. The monoisotopic (exact) mass is 330 g/mol. The Morgan fingerprint density at radius 2 is 1.92 bits per heavy atom. The lowest BCUT2D eigenvalue weighted by Crippen LogP contribution is -2.47. The Labute approximate surface area is 142 Å². The molecule has 6 nitrogen and oxygen atoms in total. The zero-order chi connectivity index (χ0) is 17.7. The molecule has 0 fully saturated rings. The Hall–Kier alpha value is -2.34. The number of amides is 2. The highest BCUT2D eigenvalue weighted by Crippen LogP contribution is 2.21. The van der Waals surface area contributed by atoms with Gasteiger partial charge in [0.15, 0.2) is 0 Å². The third-order valence-electron chi connectivity index (χ3n) is 4.17. The summed E-state index contributed by atoms with van der Waals surface area (Å²) >= 11 is 0. The van der Waals surface area contributed by atoms with Crippen molar-refractivity contribution in [2.24, 2.45) is 11.7 Å². The molecule has 5 N–H and O–H groups in total. The van der Waals surface area contributed by atoms with Crippen molar-refractivity contribution in [2.75, 3.05) is 13.1 Å². The SMILES string of the molecule is Cc1[nH]c2ccccc2c1CCNC(=O)CNC(=O)[C@@H](N)C(C)C. The van der Waals surface area contributed by atoms with Crippen LogP contribution in [0.2, 0.25) is 0 Å². The fourth-order valence-electron chi connectivity index (χ4n) is 2.63. The van der Waals surface area contributed by atoms with E-state index in [-0.39, 0.29) is 24.3 Å². The van der Waals surface area contributed by atoms with Crippen LogP contribution in [0, 0.1) is 12.8 Å². The summed E-state index contributed by atoms with van der Waals surface area (Å²) in [5, 5.41) is 6.58. The Morgan fingerprint density at radius 1 is 1.21 bits per heavy atom. The lowest BCUT2D eigenvalue weighted by Gasteiger charge is -2.15. The molecule has 2 rings (SSSR count). The number of para-hydroxylation sites is 1. The topological polar surface area (TPSA) is 100 Å². The number of carbonyl (C=O) groups is 2. The molecule has 0 unspecified atom stereocenters. The van der Waals surface area contributed by atoms with E-state index in [4.69, 9.17) is 5.73 Å².